The average Bonchev–Trinajstić information content (AvgIpc) is 2.65. The SMILES string of the molecule is CNC(Cc1c(Br)c(C)nn1C)c1cc(Cl)ccc1C. The van der Waals surface area contributed by atoms with Gasteiger partial charge in [-0.15, -0.1) is 0 Å². The van der Waals surface area contributed by atoms with Crippen LogP contribution in [0.25, 0.3) is 0 Å². The molecule has 2 aromatic rings. The van der Waals surface area contributed by atoms with E-state index >= 15 is 0 Å². The van der Waals surface area contributed by atoms with Crippen LogP contribution in [-0.4, -0.2) is 16.8 Å². The lowest BCUT2D eigenvalue weighted by Crippen LogP contribution is -2.21. The third-order valence-corrected chi connectivity index (χ3v) is 4.89. The van der Waals surface area contributed by atoms with Gasteiger partial charge in [0.05, 0.1) is 15.9 Å². The van der Waals surface area contributed by atoms with Crippen molar-refractivity contribution in [1.82, 2.24) is 15.1 Å². The van der Waals surface area contributed by atoms with E-state index in [1.54, 1.807) is 0 Å². The predicted molar refractivity (Wildman–Crippen MR) is 87.3 cm³/mol. The zero-order valence-corrected chi connectivity index (χ0v) is 14.5. The maximum atomic E-state index is 6.13. The van der Waals surface area contributed by atoms with Crippen molar-refractivity contribution in [2.24, 2.45) is 7.05 Å². The van der Waals surface area contributed by atoms with Gasteiger partial charge in [0.2, 0.25) is 0 Å². The van der Waals surface area contributed by atoms with Crippen LogP contribution in [0.1, 0.15) is 28.6 Å². The molecule has 0 bridgehead atoms. The predicted octanol–water partition coefficient (Wildman–Crippen LogP) is 3.96. The van der Waals surface area contributed by atoms with Gasteiger partial charge in [0, 0.05) is 24.5 Å². The first-order chi connectivity index (χ1) is 9.43. The van der Waals surface area contributed by atoms with E-state index in [2.05, 4.69) is 39.3 Å². The van der Waals surface area contributed by atoms with E-state index in [0.717, 1.165) is 21.6 Å². The highest BCUT2D eigenvalue weighted by molar-refractivity contribution is 9.10. The lowest BCUT2D eigenvalue weighted by Gasteiger charge is -2.19. The summed E-state index contributed by atoms with van der Waals surface area (Å²) in [7, 11) is 3.95. The van der Waals surface area contributed by atoms with Crippen LogP contribution in [-0.2, 0) is 13.5 Å². The summed E-state index contributed by atoms with van der Waals surface area (Å²) in [5.74, 6) is 0. The van der Waals surface area contributed by atoms with Crippen LogP contribution in [0.15, 0.2) is 22.7 Å². The third-order valence-electron chi connectivity index (χ3n) is 3.62. The minimum absolute atomic E-state index is 0.208. The molecule has 0 amide bonds. The molecule has 0 radical (unpaired) electrons. The molecule has 108 valence electrons. The number of hydrogen-bond donors (Lipinski definition) is 1. The zero-order valence-electron chi connectivity index (χ0n) is 12.2. The van der Waals surface area contributed by atoms with Gasteiger partial charge in [-0.05, 0) is 60.1 Å². The molecule has 5 heteroatoms. The maximum absolute atomic E-state index is 6.13. The third kappa shape index (κ3) is 3.08. The lowest BCUT2D eigenvalue weighted by atomic mass is 9.97. The van der Waals surface area contributed by atoms with E-state index in [0.29, 0.717) is 0 Å². The molecule has 3 nitrogen and oxygen atoms in total. The number of benzene rings is 1. The van der Waals surface area contributed by atoms with E-state index in [1.807, 2.05) is 37.8 Å². The minimum atomic E-state index is 0.208. The fourth-order valence-corrected chi connectivity index (χ4v) is 3.13. The van der Waals surface area contributed by atoms with Crippen LogP contribution in [0.5, 0.6) is 0 Å². The second kappa shape index (κ2) is 6.29. The summed E-state index contributed by atoms with van der Waals surface area (Å²) in [5, 5.41) is 8.60. The Bertz CT molecular complexity index is 622. The molecular formula is C15H19BrClN3. The Hall–Kier alpha value is -0.840. The molecule has 1 atom stereocenters. The highest BCUT2D eigenvalue weighted by Crippen LogP contribution is 2.28. The van der Waals surface area contributed by atoms with Gasteiger partial charge >= 0.3 is 0 Å². The largest absolute Gasteiger partial charge is 0.313 e. The quantitative estimate of drug-likeness (QED) is 0.899. The molecule has 1 heterocycles. The molecule has 0 fully saturated rings. The van der Waals surface area contributed by atoms with Gasteiger partial charge in [-0.3, -0.25) is 4.68 Å². The van der Waals surface area contributed by atoms with Crippen LogP contribution in [0.4, 0.5) is 0 Å². The molecule has 0 aliphatic carbocycles. The summed E-state index contributed by atoms with van der Waals surface area (Å²) < 4.78 is 3.02. The van der Waals surface area contributed by atoms with Gasteiger partial charge < -0.3 is 5.32 Å². The van der Waals surface area contributed by atoms with Crippen molar-refractivity contribution >= 4 is 27.5 Å². The summed E-state index contributed by atoms with van der Waals surface area (Å²) in [4.78, 5) is 0. The first-order valence-corrected chi connectivity index (χ1v) is 7.72. The number of halogens is 2. The number of rotatable bonds is 4. The Morgan fingerprint density at radius 2 is 2.10 bits per heavy atom. The van der Waals surface area contributed by atoms with Crippen LogP contribution in [0, 0.1) is 13.8 Å². The summed E-state index contributed by atoms with van der Waals surface area (Å²) in [5.41, 5.74) is 4.66. The maximum Gasteiger partial charge on any atom is 0.0738 e. The number of nitrogens with one attached hydrogen (secondary N) is 1. The normalized spacial score (nSPS) is 12.7. The lowest BCUT2D eigenvalue weighted by molar-refractivity contribution is 0.558. The molecule has 0 saturated carbocycles. The first-order valence-electron chi connectivity index (χ1n) is 6.55. The van der Waals surface area contributed by atoms with Gasteiger partial charge in [0.15, 0.2) is 0 Å². The van der Waals surface area contributed by atoms with Gasteiger partial charge in [-0.25, -0.2) is 0 Å². The van der Waals surface area contributed by atoms with Gasteiger partial charge in [-0.1, -0.05) is 17.7 Å². The smallest absolute Gasteiger partial charge is 0.0738 e. The van der Waals surface area contributed by atoms with Crippen LogP contribution < -0.4 is 5.32 Å². The number of nitrogens with zero attached hydrogens (tertiary/aromatic N) is 2. The molecule has 0 aliphatic heterocycles. The van der Waals surface area contributed by atoms with Crippen LogP contribution in [0.3, 0.4) is 0 Å². The summed E-state index contributed by atoms with van der Waals surface area (Å²) in [6.45, 7) is 4.12. The summed E-state index contributed by atoms with van der Waals surface area (Å²) in [6, 6.07) is 6.23. The Balaban J connectivity index is 2.36. The van der Waals surface area contributed by atoms with Gasteiger partial charge in [0.25, 0.3) is 0 Å². The van der Waals surface area contributed by atoms with Crippen molar-refractivity contribution in [2.45, 2.75) is 26.3 Å². The Labute approximate surface area is 133 Å². The number of hydrogen-bond acceptors (Lipinski definition) is 2. The topological polar surface area (TPSA) is 29.9 Å². The fourth-order valence-electron chi connectivity index (χ4n) is 2.45. The van der Waals surface area contributed by atoms with Crippen LogP contribution in [0.2, 0.25) is 5.02 Å². The standard InChI is InChI=1S/C15H19BrClN3/c1-9-5-6-11(17)7-12(9)13(18-3)8-14-15(16)10(2)19-20(14)4/h5-7,13,18H,8H2,1-4H3. The van der Waals surface area contributed by atoms with Gasteiger partial charge in [0.1, 0.15) is 0 Å². The Morgan fingerprint density at radius 1 is 1.40 bits per heavy atom. The number of likely N-dealkylation sites (N-methyl/N-ethyl adjacent to an activating group) is 1. The molecule has 20 heavy (non-hydrogen) atoms. The monoisotopic (exact) mass is 355 g/mol. The molecule has 0 saturated heterocycles. The minimum Gasteiger partial charge on any atom is -0.313 e. The fraction of sp³-hybridized carbons (Fsp3) is 0.400. The number of aryl methyl sites for hydroxylation is 3. The molecule has 2 rings (SSSR count). The molecule has 1 aromatic heterocycles. The second-order valence-electron chi connectivity index (χ2n) is 5.02. The van der Waals surface area contributed by atoms with E-state index in [9.17, 15) is 0 Å². The van der Waals surface area contributed by atoms with E-state index in [-0.39, 0.29) is 6.04 Å². The van der Waals surface area contributed by atoms with Crippen molar-refractivity contribution in [3.05, 3.63) is 50.2 Å². The van der Waals surface area contributed by atoms with E-state index in [1.165, 1.54) is 16.8 Å². The molecule has 1 N–H and O–H groups in total. The molecule has 0 aliphatic rings. The molecule has 1 aromatic carbocycles. The summed E-state index contributed by atoms with van der Waals surface area (Å²) in [6.07, 6.45) is 0.857. The average molecular weight is 357 g/mol. The van der Waals surface area contributed by atoms with Crippen molar-refractivity contribution < 1.29 is 0 Å². The highest BCUT2D eigenvalue weighted by Gasteiger charge is 2.18. The molecular weight excluding hydrogens is 338 g/mol. The highest BCUT2D eigenvalue weighted by atomic mass is 79.9. The van der Waals surface area contributed by atoms with Crippen molar-refractivity contribution in [2.75, 3.05) is 7.05 Å². The van der Waals surface area contributed by atoms with Crippen molar-refractivity contribution in [3.63, 3.8) is 0 Å². The zero-order chi connectivity index (χ0) is 14.9. The van der Waals surface area contributed by atoms with Crippen molar-refractivity contribution in [3.8, 4) is 0 Å². The first kappa shape index (κ1) is 15.5. The van der Waals surface area contributed by atoms with Crippen molar-refractivity contribution in [1.29, 1.82) is 0 Å². The number of aromatic nitrogens is 2. The van der Waals surface area contributed by atoms with E-state index in [4.69, 9.17) is 11.6 Å². The van der Waals surface area contributed by atoms with E-state index < -0.39 is 0 Å². The Morgan fingerprint density at radius 3 is 2.65 bits per heavy atom. The molecule has 0 spiro atoms. The Kier molecular flexibility index (Phi) is 4.89. The molecule has 1 unspecified atom stereocenters. The van der Waals surface area contributed by atoms with Gasteiger partial charge in [-0.2, -0.15) is 5.10 Å². The van der Waals surface area contributed by atoms with Crippen LogP contribution >= 0.6 is 27.5 Å². The second-order valence-corrected chi connectivity index (χ2v) is 6.25. The summed E-state index contributed by atoms with van der Waals surface area (Å²) >= 11 is 9.76.